The van der Waals surface area contributed by atoms with E-state index in [1.807, 2.05) is 17.0 Å². The Balaban J connectivity index is 1.65. The van der Waals surface area contributed by atoms with Crippen LogP contribution in [0.3, 0.4) is 0 Å². The van der Waals surface area contributed by atoms with Crippen molar-refractivity contribution in [1.82, 2.24) is 14.8 Å². The minimum Gasteiger partial charge on any atom is -0.352 e. The molecule has 4 nitrogen and oxygen atoms in total. The minimum absolute atomic E-state index is 0.0374. The molecule has 2 heterocycles. The molecule has 2 aromatic rings. The van der Waals surface area contributed by atoms with Gasteiger partial charge in [0.15, 0.2) is 0 Å². The molecule has 1 fully saturated rings. The van der Waals surface area contributed by atoms with Crippen LogP contribution in [0.5, 0.6) is 0 Å². The number of H-pyrrole nitrogens is 1. The predicted octanol–water partition coefficient (Wildman–Crippen LogP) is 3.23. The molecule has 6 heteroatoms. The molecule has 126 valence electrons. The second-order valence-electron chi connectivity index (χ2n) is 5.93. The van der Waals surface area contributed by atoms with Gasteiger partial charge in [-0.1, -0.05) is 30.4 Å². The van der Waals surface area contributed by atoms with Crippen molar-refractivity contribution in [3.8, 4) is 0 Å². The SMILES string of the molecule is O=C(c1ccc[nH]c1=S)N1CCCN(Cc2ccccc2F)CC1. The van der Waals surface area contributed by atoms with Gasteiger partial charge in [0.25, 0.3) is 5.91 Å². The number of aromatic nitrogens is 1. The van der Waals surface area contributed by atoms with Crippen LogP contribution in [-0.4, -0.2) is 46.9 Å². The maximum Gasteiger partial charge on any atom is 0.256 e. The molecule has 1 aliphatic heterocycles. The number of benzene rings is 1. The molecular formula is C18H20FN3OS. The fourth-order valence-electron chi connectivity index (χ4n) is 2.96. The largest absolute Gasteiger partial charge is 0.352 e. The summed E-state index contributed by atoms with van der Waals surface area (Å²) < 4.78 is 14.3. The van der Waals surface area contributed by atoms with Crippen LogP contribution in [-0.2, 0) is 6.54 Å². The summed E-state index contributed by atoms with van der Waals surface area (Å²) in [5.41, 5.74) is 1.23. The number of carbonyl (C=O) groups is 1. The van der Waals surface area contributed by atoms with E-state index in [1.54, 1.807) is 24.4 Å². The highest BCUT2D eigenvalue weighted by Crippen LogP contribution is 2.14. The van der Waals surface area contributed by atoms with Gasteiger partial charge in [0.05, 0.1) is 5.56 Å². The zero-order valence-electron chi connectivity index (χ0n) is 13.4. The predicted molar refractivity (Wildman–Crippen MR) is 93.8 cm³/mol. The number of aromatic amines is 1. The summed E-state index contributed by atoms with van der Waals surface area (Å²) in [6, 6.07) is 10.4. The Bertz CT molecular complexity index is 777. The van der Waals surface area contributed by atoms with Crippen molar-refractivity contribution in [2.24, 2.45) is 0 Å². The average Bonchev–Trinajstić information content (AvgIpc) is 2.82. The highest BCUT2D eigenvalue weighted by atomic mass is 32.1. The van der Waals surface area contributed by atoms with Crippen LogP contribution in [0, 0.1) is 10.5 Å². The first-order valence-corrected chi connectivity index (χ1v) is 8.49. The van der Waals surface area contributed by atoms with E-state index < -0.39 is 0 Å². The maximum absolute atomic E-state index is 13.8. The third-order valence-electron chi connectivity index (χ3n) is 4.28. The Morgan fingerprint density at radius 2 is 1.96 bits per heavy atom. The highest BCUT2D eigenvalue weighted by Gasteiger charge is 2.21. The average molecular weight is 345 g/mol. The van der Waals surface area contributed by atoms with E-state index in [9.17, 15) is 9.18 Å². The van der Waals surface area contributed by atoms with Crippen LogP contribution in [0.2, 0.25) is 0 Å². The number of hydrogen-bond donors (Lipinski definition) is 1. The third-order valence-corrected chi connectivity index (χ3v) is 4.61. The molecule has 0 saturated carbocycles. The van der Waals surface area contributed by atoms with Crippen molar-refractivity contribution in [3.63, 3.8) is 0 Å². The van der Waals surface area contributed by atoms with E-state index in [4.69, 9.17) is 12.2 Å². The van der Waals surface area contributed by atoms with Gasteiger partial charge in [-0.2, -0.15) is 0 Å². The fourth-order valence-corrected chi connectivity index (χ4v) is 3.18. The van der Waals surface area contributed by atoms with Crippen LogP contribution >= 0.6 is 12.2 Å². The number of hydrogen-bond acceptors (Lipinski definition) is 3. The summed E-state index contributed by atoms with van der Waals surface area (Å²) >= 11 is 5.20. The molecule has 0 aliphatic carbocycles. The number of halogens is 1. The van der Waals surface area contributed by atoms with Crippen LogP contribution in [0.1, 0.15) is 22.3 Å². The van der Waals surface area contributed by atoms with E-state index in [0.717, 1.165) is 19.5 Å². The van der Waals surface area contributed by atoms with Crippen LogP contribution in [0.15, 0.2) is 42.6 Å². The van der Waals surface area contributed by atoms with Crippen LogP contribution in [0.25, 0.3) is 0 Å². The summed E-state index contributed by atoms with van der Waals surface area (Å²) in [6.07, 6.45) is 2.58. The first-order valence-electron chi connectivity index (χ1n) is 8.08. The quantitative estimate of drug-likeness (QED) is 0.868. The van der Waals surface area contributed by atoms with Crippen LogP contribution < -0.4 is 0 Å². The van der Waals surface area contributed by atoms with Crippen molar-refractivity contribution in [2.45, 2.75) is 13.0 Å². The molecule has 0 unspecified atom stereocenters. The standard InChI is InChI=1S/C18H20FN3OS/c19-16-7-2-1-5-14(16)13-21-9-4-10-22(12-11-21)18(23)15-6-3-8-20-17(15)24/h1-3,5-8H,4,9-13H2,(H,20,24). The zero-order chi connectivity index (χ0) is 16.9. The molecule has 0 atom stereocenters. The third kappa shape index (κ3) is 3.88. The Labute approximate surface area is 145 Å². The van der Waals surface area contributed by atoms with Crippen molar-refractivity contribution >= 4 is 18.1 Å². The summed E-state index contributed by atoms with van der Waals surface area (Å²) in [5.74, 6) is -0.213. The van der Waals surface area contributed by atoms with Gasteiger partial charge in [0.2, 0.25) is 0 Å². The second kappa shape index (κ2) is 7.68. The van der Waals surface area contributed by atoms with Crippen molar-refractivity contribution in [1.29, 1.82) is 0 Å². The number of nitrogens with one attached hydrogen (secondary N) is 1. The molecule has 1 aromatic carbocycles. The number of rotatable bonds is 3. The van der Waals surface area contributed by atoms with Gasteiger partial charge in [-0.05, 0) is 24.6 Å². The minimum atomic E-state index is -0.176. The lowest BCUT2D eigenvalue weighted by molar-refractivity contribution is 0.0760. The lowest BCUT2D eigenvalue weighted by Crippen LogP contribution is -2.35. The lowest BCUT2D eigenvalue weighted by atomic mass is 10.2. The molecule has 1 amide bonds. The van der Waals surface area contributed by atoms with Gasteiger partial charge in [0.1, 0.15) is 10.5 Å². The van der Waals surface area contributed by atoms with Gasteiger partial charge in [-0.25, -0.2) is 4.39 Å². The Kier molecular flexibility index (Phi) is 5.37. The van der Waals surface area contributed by atoms with E-state index in [1.165, 1.54) is 6.07 Å². The van der Waals surface area contributed by atoms with E-state index in [-0.39, 0.29) is 11.7 Å². The van der Waals surface area contributed by atoms with E-state index in [2.05, 4.69) is 9.88 Å². The van der Waals surface area contributed by atoms with E-state index in [0.29, 0.717) is 35.4 Å². The lowest BCUT2D eigenvalue weighted by Gasteiger charge is -2.22. The molecule has 1 saturated heterocycles. The Hall–Kier alpha value is -2.05. The second-order valence-corrected chi connectivity index (χ2v) is 6.33. The first-order chi connectivity index (χ1) is 11.6. The Morgan fingerprint density at radius 3 is 2.75 bits per heavy atom. The maximum atomic E-state index is 13.8. The smallest absolute Gasteiger partial charge is 0.256 e. The summed E-state index contributed by atoms with van der Waals surface area (Å²) in [6.45, 7) is 3.45. The molecule has 0 radical (unpaired) electrons. The molecule has 0 spiro atoms. The number of amides is 1. The van der Waals surface area contributed by atoms with E-state index >= 15 is 0 Å². The van der Waals surface area contributed by atoms with Crippen molar-refractivity contribution in [3.05, 3.63) is 64.2 Å². The molecule has 1 aromatic heterocycles. The van der Waals surface area contributed by atoms with Crippen molar-refractivity contribution < 1.29 is 9.18 Å². The summed E-state index contributed by atoms with van der Waals surface area (Å²) in [4.78, 5) is 19.6. The Morgan fingerprint density at radius 1 is 1.12 bits per heavy atom. The number of carbonyl (C=O) groups excluding carboxylic acids is 1. The first kappa shape index (κ1) is 16.8. The van der Waals surface area contributed by atoms with Gasteiger partial charge < -0.3 is 9.88 Å². The molecule has 0 bridgehead atoms. The van der Waals surface area contributed by atoms with Gasteiger partial charge in [-0.3, -0.25) is 9.69 Å². The monoisotopic (exact) mass is 345 g/mol. The molecule has 3 rings (SSSR count). The van der Waals surface area contributed by atoms with Gasteiger partial charge in [-0.15, -0.1) is 0 Å². The summed E-state index contributed by atoms with van der Waals surface area (Å²) in [7, 11) is 0. The fraction of sp³-hybridized carbons (Fsp3) is 0.333. The molecule has 1 aliphatic rings. The zero-order valence-corrected chi connectivity index (χ0v) is 14.2. The molecular weight excluding hydrogens is 325 g/mol. The topological polar surface area (TPSA) is 39.3 Å². The summed E-state index contributed by atoms with van der Waals surface area (Å²) in [5, 5.41) is 0. The van der Waals surface area contributed by atoms with Gasteiger partial charge >= 0.3 is 0 Å². The van der Waals surface area contributed by atoms with Gasteiger partial charge in [0, 0.05) is 44.5 Å². The molecule has 24 heavy (non-hydrogen) atoms. The van der Waals surface area contributed by atoms with Crippen molar-refractivity contribution in [2.75, 3.05) is 26.2 Å². The molecule has 1 N–H and O–H groups in total. The number of pyridine rings is 1. The normalized spacial score (nSPS) is 16.0. The number of nitrogens with zero attached hydrogens (tertiary/aromatic N) is 2. The highest BCUT2D eigenvalue weighted by molar-refractivity contribution is 7.71. The van der Waals surface area contributed by atoms with Crippen LogP contribution in [0.4, 0.5) is 4.39 Å².